The SMILES string of the molecule is CCc1oc2ccccc2c1CN(C)C(=O)CNCC1CC1. The number of carbonyl (C=O) groups is 1. The number of likely N-dealkylation sites (N-methyl/N-ethyl adjacent to an activating group) is 1. The van der Waals surface area contributed by atoms with E-state index in [4.69, 9.17) is 4.42 Å². The molecule has 1 fully saturated rings. The van der Waals surface area contributed by atoms with Crippen molar-refractivity contribution in [2.75, 3.05) is 20.1 Å². The first-order valence-corrected chi connectivity index (χ1v) is 8.13. The van der Waals surface area contributed by atoms with Crippen molar-refractivity contribution in [2.24, 2.45) is 5.92 Å². The molecule has 1 N–H and O–H groups in total. The van der Waals surface area contributed by atoms with Crippen LogP contribution in [0.25, 0.3) is 11.0 Å². The number of nitrogens with one attached hydrogen (secondary N) is 1. The molecule has 2 aromatic rings. The van der Waals surface area contributed by atoms with Gasteiger partial charge in [-0.15, -0.1) is 0 Å². The average Bonchev–Trinajstić information content (AvgIpc) is 3.28. The molecule has 22 heavy (non-hydrogen) atoms. The summed E-state index contributed by atoms with van der Waals surface area (Å²) < 4.78 is 5.90. The highest BCUT2D eigenvalue weighted by molar-refractivity contribution is 5.83. The zero-order valence-corrected chi connectivity index (χ0v) is 13.4. The maximum Gasteiger partial charge on any atom is 0.236 e. The molecule has 0 bridgehead atoms. The van der Waals surface area contributed by atoms with Crippen LogP contribution in [0.3, 0.4) is 0 Å². The fraction of sp³-hybridized carbons (Fsp3) is 0.500. The number of benzene rings is 1. The fourth-order valence-electron chi connectivity index (χ4n) is 2.77. The minimum absolute atomic E-state index is 0.132. The van der Waals surface area contributed by atoms with Crippen molar-refractivity contribution < 1.29 is 9.21 Å². The summed E-state index contributed by atoms with van der Waals surface area (Å²) in [5.41, 5.74) is 2.04. The molecule has 0 spiro atoms. The van der Waals surface area contributed by atoms with E-state index in [-0.39, 0.29) is 5.91 Å². The van der Waals surface area contributed by atoms with Crippen molar-refractivity contribution in [3.8, 4) is 0 Å². The molecule has 1 aliphatic rings. The largest absolute Gasteiger partial charge is 0.461 e. The van der Waals surface area contributed by atoms with Gasteiger partial charge in [0.2, 0.25) is 5.91 Å². The van der Waals surface area contributed by atoms with Crippen LogP contribution >= 0.6 is 0 Å². The number of hydrogen-bond acceptors (Lipinski definition) is 3. The Morgan fingerprint density at radius 3 is 2.86 bits per heavy atom. The molecule has 0 radical (unpaired) electrons. The number of carbonyl (C=O) groups excluding carboxylic acids is 1. The summed E-state index contributed by atoms with van der Waals surface area (Å²) in [5.74, 6) is 1.90. The number of furan rings is 1. The van der Waals surface area contributed by atoms with E-state index in [0.717, 1.165) is 41.2 Å². The Labute approximate surface area is 131 Å². The molecule has 0 saturated heterocycles. The second-order valence-corrected chi connectivity index (χ2v) is 6.18. The predicted octanol–water partition coefficient (Wildman–Crippen LogP) is 2.95. The lowest BCUT2D eigenvalue weighted by Crippen LogP contribution is -2.36. The summed E-state index contributed by atoms with van der Waals surface area (Å²) in [4.78, 5) is 14.0. The maximum absolute atomic E-state index is 12.2. The van der Waals surface area contributed by atoms with Crippen molar-refractivity contribution in [1.29, 1.82) is 0 Å². The van der Waals surface area contributed by atoms with Gasteiger partial charge in [0.05, 0.1) is 6.54 Å². The number of hydrogen-bond donors (Lipinski definition) is 1. The molecule has 3 rings (SSSR count). The minimum atomic E-state index is 0.132. The van der Waals surface area contributed by atoms with Crippen LogP contribution in [0.4, 0.5) is 0 Å². The van der Waals surface area contributed by atoms with Crippen LogP contribution in [-0.4, -0.2) is 30.9 Å². The monoisotopic (exact) mass is 300 g/mol. The van der Waals surface area contributed by atoms with Crippen molar-refractivity contribution >= 4 is 16.9 Å². The van der Waals surface area contributed by atoms with Gasteiger partial charge in [-0.25, -0.2) is 0 Å². The van der Waals surface area contributed by atoms with Gasteiger partial charge < -0.3 is 14.6 Å². The third-order valence-corrected chi connectivity index (χ3v) is 4.33. The second-order valence-electron chi connectivity index (χ2n) is 6.18. The second kappa shape index (κ2) is 6.53. The van der Waals surface area contributed by atoms with Crippen LogP contribution in [0, 0.1) is 5.92 Å². The standard InChI is InChI=1S/C18H24N2O2/c1-3-16-15(14-6-4-5-7-17(14)22-16)12-20(2)18(21)11-19-10-13-8-9-13/h4-7,13,19H,3,8-12H2,1-2H3. The Morgan fingerprint density at radius 1 is 1.36 bits per heavy atom. The van der Waals surface area contributed by atoms with Crippen LogP contribution in [0.1, 0.15) is 31.1 Å². The van der Waals surface area contributed by atoms with Crippen LogP contribution < -0.4 is 5.32 Å². The zero-order chi connectivity index (χ0) is 15.5. The van der Waals surface area contributed by atoms with E-state index in [0.29, 0.717) is 13.1 Å². The molecule has 1 heterocycles. The van der Waals surface area contributed by atoms with E-state index in [2.05, 4.69) is 18.3 Å². The molecule has 1 aliphatic carbocycles. The Bertz CT molecular complexity index is 658. The molecule has 4 nitrogen and oxygen atoms in total. The highest BCUT2D eigenvalue weighted by Gasteiger charge is 2.21. The Balaban J connectivity index is 1.66. The van der Waals surface area contributed by atoms with E-state index in [1.807, 2.05) is 25.2 Å². The summed E-state index contributed by atoms with van der Waals surface area (Å²) in [7, 11) is 1.86. The first kappa shape index (κ1) is 15.1. The Kier molecular flexibility index (Phi) is 4.48. The number of amides is 1. The van der Waals surface area contributed by atoms with Crippen molar-refractivity contribution in [3.05, 3.63) is 35.6 Å². The number of aryl methyl sites for hydroxylation is 1. The average molecular weight is 300 g/mol. The van der Waals surface area contributed by atoms with Gasteiger partial charge in [-0.2, -0.15) is 0 Å². The van der Waals surface area contributed by atoms with Crippen LogP contribution in [0.15, 0.2) is 28.7 Å². The number of para-hydroxylation sites is 1. The molecule has 1 aromatic carbocycles. The van der Waals surface area contributed by atoms with Crippen LogP contribution in [0.2, 0.25) is 0 Å². The number of nitrogens with zero attached hydrogens (tertiary/aromatic N) is 1. The van der Waals surface area contributed by atoms with E-state index in [9.17, 15) is 4.79 Å². The highest BCUT2D eigenvalue weighted by atomic mass is 16.3. The molecule has 4 heteroatoms. The summed E-state index contributed by atoms with van der Waals surface area (Å²) in [6.07, 6.45) is 3.45. The Hall–Kier alpha value is -1.81. The van der Waals surface area contributed by atoms with E-state index in [1.54, 1.807) is 4.90 Å². The van der Waals surface area contributed by atoms with Crippen molar-refractivity contribution in [1.82, 2.24) is 10.2 Å². The maximum atomic E-state index is 12.2. The van der Waals surface area contributed by atoms with Gasteiger partial charge in [-0.05, 0) is 31.4 Å². The highest BCUT2D eigenvalue weighted by Crippen LogP contribution is 2.28. The first-order valence-electron chi connectivity index (χ1n) is 8.13. The normalized spacial score (nSPS) is 14.5. The van der Waals surface area contributed by atoms with Gasteiger partial charge in [-0.3, -0.25) is 4.79 Å². The predicted molar refractivity (Wildman–Crippen MR) is 87.7 cm³/mol. The van der Waals surface area contributed by atoms with Gasteiger partial charge >= 0.3 is 0 Å². The molecule has 0 aliphatic heterocycles. The summed E-state index contributed by atoms with van der Waals surface area (Å²) in [6.45, 7) is 4.07. The molecule has 0 atom stereocenters. The minimum Gasteiger partial charge on any atom is -0.461 e. The van der Waals surface area contributed by atoms with E-state index in [1.165, 1.54) is 12.8 Å². The van der Waals surface area contributed by atoms with E-state index < -0.39 is 0 Å². The topological polar surface area (TPSA) is 45.5 Å². The third-order valence-electron chi connectivity index (χ3n) is 4.33. The smallest absolute Gasteiger partial charge is 0.236 e. The summed E-state index contributed by atoms with van der Waals surface area (Å²) in [6, 6.07) is 8.04. The first-order chi connectivity index (χ1) is 10.7. The zero-order valence-electron chi connectivity index (χ0n) is 13.4. The molecule has 1 saturated carbocycles. The van der Waals surface area contributed by atoms with Crippen LogP contribution in [-0.2, 0) is 17.8 Å². The molecule has 1 aromatic heterocycles. The van der Waals surface area contributed by atoms with Gasteiger partial charge in [0.1, 0.15) is 11.3 Å². The number of rotatable bonds is 7. The lowest BCUT2D eigenvalue weighted by molar-refractivity contribution is -0.129. The Morgan fingerprint density at radius 2 is 2.14 bits per heavy atom. The van der Waals surface area contributed by atoms with Crippen molar-refractivity contribution in [3.63, 3.8) is 0 Å². The van der Waals surface area contributed by atoms with Gasteiger partial charge in [0.15, 0.2) is 0 Å². The quantitative estimate of drug-likeness (QED) is 0.855. The van der Waals surface area contributed by atoms with Gasteiger partial charge in [0, 0.05) is 31.0 Å². The molecular formula is C18H24N2O2. The molecule has 1 amide bonds. The summed E-state index contributed by atoms with van der Waals surface area (Å²) in [5, 5.41) is 4.37. The molecule has 0 unspecified atom stereocenters. The lowest BCUT2D eigenvalue weighted by atomic mass is 10.1. The van der Waals surface area contributed by atoms with Crippen molar-refractivity contribution in [2.45, 2.75) is 32.7 Å². The van der Waals surface area contributed by atoms with Gasteiger partial charge in [-0.1, -0.05) is 25.1 Å². The van der Waals surface area contributed by atoms with Crippen LogP contribution in [0.5, 0.6) is 0 Å². The van der Waals surface area contributed by atoms with Gasteiger partial charge in [0.25, 0.3) is 0 Å². The van der Waals surface area contributed by atoms with E-state index >= 15 is 0 Å². The lowest BCUT2D eigenvalue weighted by Gasteiger charge is -2.17. The summed E-state index contributed by atoms with van der Waals surface area (Å²) >= 11 is 0. The third kappa shape index (κ3) is 3.33. The fourth-order valence-corrected chi connectivity index (χ4v) is 2.77. The molecular weight excluding hydrogens is 276 g/mol. The number of fused-ring (bicyclic) bond motifs is 1. The molecule has 118 valence electrons.